The molecule has 24 heavy (non-hydrogen) atoms. The number of anilines is 2. The van der Waals surface area contributed by atoms with Crippen LogP contribution in [0.15, 0.2) is 48.0 Å². The molecule has 1 aromatic carbocycles. The number of aryl methyl sites for hydroxylation is 1. The number of nitrogens with zero attached hydrogens (tertiary/aromatic N) is 3. The molecule has 0 amide bonds. The fourth-order valence-corrected chi connectivity index (χ4v) is 3.64. The molecule has 0 bridgehead atoms. The first-order valence-corrected chi connectivity index (χ1v) is 8.86. The first-order valence-electron chi connectivity index (χ1n) is 7.23. The highest BCUT2D eigenvalue weighted by Gasteiger charge is 2.14. The van der Waals surface area contributed by atoms with E-state index in [0.29, 0.717) is 10.0 Å². The van der Waals surface area contributed by atoms with E-state index in [1.54, 1.807) is 0 Å². The zero-order valence-electron chi connectivity index (χ0n) is 12.6. The third kappa shape index (κ3) is 2.86. The average Bonchev–Trinajstić information content (AvgIpc) is 3.10. The Labute approximate surface area is 152 Å². The summed E-state index contributed by atoms with van der Waals surface area (Å²) in [6, 6.07) is 11.3. The van der Waals surface area contributed by atoms with Crippen LogP contribution in [0.1, 0.15) is 5.69 Å². The molecule has 7 heteroatoms. The number of pyridine rings is 1. The Balaban J connectivity index is 1.73. The van der Waals surface area contributed by atoms with Crippen molar-refractivity contribution in [3.63, 3.8) is 0 Å². The lowest BCUT2D eigenvalue weighted by molar-refractivity contribution is 1.17. The van der Waals surface area contributed by atoms with Gasteiger partial charge in [0.1, 0.15) is 11.3 Å². The molecule has 0 atom stereocenters. The van der Waals surface area contributed by atoms with Gasteiger partial charge in [0.25, 0.3) is 0 Å². The van der Waals surface area contributed by atoms with E-state index < -0.39 is 0 Å². The van der Waals surface area contributed by atoms with Gasteiger partial charge in [-0.25, -0.2) is 9.97 Å². The Morgan fingerprint density at radius 2 is 1.96 bits per heavy atom. The van der Waals surface area contributed by atoms with Crippen LogP contribution in [0, 0.1) is 6.92 Å². The lowest BCUT2D eigenvalue weighted by atomic mass is 10.3. The maximum atomic E-state index is 6.12. The van der Waals surface area contributed by atoms with E-state index in [4.69, 9.17) is 23.2 Å². The van der Waals surface area contributed by atoms with Crippen molar-refractivity contribution >= 4 is 51.0 Å². The van der Waals surface area contributed by atoms with Crippen LogP contribution < -0.4 is 5.32 Å². The zero-order valence-corrected chi connectivity index (χ0v) is 15.0. The van der Waals surface area contributed by atoms with Gasteiger partial charge in [-0.3, -0.25) is 4.40 Å². The summed E-state index contributed by atoms with van der Waals surface area (Å²) >= 11 is 13.7. The summed E-state index contributed by atoms with van der Waals surface area (Å²) in [5.74, 6) is 0. The summed E-state index contributed by atoms with van der Waals surface area (Å²) in [5.41, 5.74) is 4.47. The molecule has 4 aromatic rings. The second-order valence-electron chi connectivity index (χ2n) is 5.29. The van der Waals surface area contributed by atoms with E-state index in [9.17, 15) is 0 Å². The number of imidazole rings is 1. The molecule has 3 aromatic heterocycles. The molecule has 0 unspecified atom stereocenters. The van der Waals surface area contributed by atoms with Crippen molar-refractivity contribution in [3.8, 4) is 11.4 Å². The van der Waals surface area contributed by atoms with Crippen molar-refractivity contribution in [1.29, 1.82) is 0 Å². The van der Waals surface area contributed by atoms with Crippen LogP contribution in [-0.4, -0.2) is 14.4 Å². The second kappa shape index (κ2) is 6.09. The summed E-state index contributed by atoms with van der Waals surface area (Å²) < 4.78 is 1.97. The molecule has 120 valence electrons. The molecule has 0 aliphatic carbocycles. The SMILES string of the molecule is Cc1nc2ccc(Cl)cn2c1-c1csc(Nc2cccc(Cl)c2)n1. The van der Waals surface area contributed by atoms with E-state index >= 15 is 0 Å². The maximum Gasteiger partial charge on any atom is 0.187 e. The lowest BCUT2D eigenvalue weighted by Gasteiger charge is -2.03. The highest BCUT2D eigenvalue weighted by atomic mass is 35.5. The van der Waals surface area contributed by atoms with Gasteiger partial charge in [-0.15, -0.1) is 11.3 Å². The Kier molecular flexibility index (Phi) is 3.92. The quantitative estimate of drug-likeness (QED) is 0.491. The lowest BCUT2D eigenvalue weighted by Crippen LogP contribution is -1.92. The number of thiazole rings is 1. The van der Waals surface area contributed by atoms with Crippen molar-refractivity contribution in [2.75, 3.05) is 5.32 Å². The zero-order chi connectivity index (χ0) is 16.7. The summed E-state index contributed by atoms with van der Waals surface area (Å²) in [6.07, 6.45) is 1.86. The van der Waals surface area contributed by atoms with Crippen molar-refractivity contribution in [1.82, 2.24) is 14.4 Å². The number of fused-ring (bicyclic) bond motifs is 1. The Bertz CT molecular complexity index is 1040. The molecule has 4 rings (SSSR count). The fraction of sp³-hybridized carbons (Fsp3) is 0.0588. The van der Waals surface area contributed by atoms with Crippen LogP contribution >= 0.6 is 34.5 Å². The highest BCUT2D eigenvalue weighted by Crippen LogP contribution is 2.30. The number of benzene rings is 1. The summed E-state index contributed by atoms with van der Waals surface area (Å²) in [4.78, 5) is 9.25. The Morgan fingerprint density at radius 3 is 2.79 bits per heavy atom. The second-order valence-corrected chi connectivity index (χ2v) is 7.03. The van der Waals surface area contributed by atoms with Gasteiger partial charge in [0.2, 0.25) is 0 Å². The maximum absolute atomic E-state index is 6.12. The third-order valence-corrected chi connectivity index (χ3v) is 4.80. The fourth-order valence-electron chi connectivity index (χ4n) is 2.57. The molecule has 4 nitrogen and oxygen atoms in total. The first kappa shape index (κ1) is 15.4. The molecule has 0 saturated carbocycles. The van der Waals surface area contributed by atoms with Gasteiger partial charge in [-0.2, -0.15) is 0 Å². The van der Waals surface area contributed by atoms with E-state index in [1.807, 2.05) is 59.3 Å². The van der Waals surface area contributed by atoms with E-state index in [0.717, 1.165) is 33.5 Å². The van der Waals surface area contributed by atoms with E-state index in [-0.39, 0.29) is 0 Å². The topological polar surface area (TPSA) is 42.2 Å². The summed E-state index contributed by atoms with van der Waals surface area (Å²) in [7, 11) is 0. The normalized spacial score (nSPS) is 11.1. The van der Waals surface area contributed by atoms with Crippen LogP contribution in [0.3, 0.4) is 0 Å². The monoisotopic (exact) mass is 374 g/mol. The van der Waals surface area contributed by atoms with Crippen molar-refractivity contribution in [3.05, 3.63) is 63.7 Å². The Morgan fingerprint density at radius 1 is 1.08 bits per heavy atom. The number of rotatable bonds is 3. The van der Waals surface area contributed by atoms with Crippen molar-refractivity contribution in [2.45, 2.75) is 6.92 Å². The van der Waals surface area contributed by atoms with Crippen LogP contribution in [0.25, 0.3) is 17.0 Å². The minimum atomic E-state index is 0.661. The molecule has 0 radical (unpaired) electrons. The highest BCUT2D eigenvalue weighted by molar-refractivity contribution is 7.14. The minimum Gasteiger partial charge on any atom is -0.331 e. The van der Waals surface area contributed by atoms with Gasteiger partial charge in [0.15, 0.2) is 5.13 Å². The smallest absolute Gasteiger partial charge is 0.187 e. The Hall–Kier alpha value is -2.08. The predicted molar refractivity (Wildman–Crippen MR) is 101 cm³/mol. The van der Waals surface area contributed by atoms with Crippen molar-refractivity contribution < 1.29 is 0 Å². The minimum absolute atomic E-state index is 0.661. The van der Waals surface area contributed by atoms with Crippen LogP contribution in [0.4, 0.5) is 10.8 Å². The molecule has 1 N–H and O–H groups in total. The number of aromatic nitrogens is 3. The van der Waals surface area contributed by atoms with Gasteiger partial charge in [-0.05, 0) is 37.3 Å². The van der Waals surface area contributed by atoms with Crippen molar-refractivity contribution in [2.24, 2.45) is 0 Å². The van der Waals surface area contributed by atoms with Crippen LogP contribution in [0.2, 0.25) is 10.0 Å². The number of hydrogen-bond acceptors (Lipinski definition) is 4. The van der Waals surface area contributed by atoms with Crippen LogP contribution in [0.5, 0.6) is 0 Å². The molecule has 0 aliphatic rings. The molecule has 3 heterocycles. The molecule has 0 fully saturated rings. The van der Waals surface area contributed by atoms with Gasteiger partial charge in [0, 0.05) is 22.3 Å². The number of hydrogen-bond donors (Lipinski definition) is 1. The molecule has 0 spiro atoms. The standard InChI is InChI=1S/C17H12Cl2N4S/c1-10-16(23-8-12(19)5-6-15(23)20-10)14-9-24-17(22-14)21-13-4-2-3-11(18)7-13/h2-9H,1H3,(H,21,22). The molecular formula is C17H12Cl2N4S. The van der Waals surface area contributed by atoms with Gasteiger partial charge in [-0.1, -0.05) is 29.3 Å². The largest absolute Gasteiger partial charge is 0.331 e. The van der Waals surface area contributed by atoms with E-state index in [1.165, 1.54) is 11.3 Å². The third-order valence-electron chi connectivity index (χ3n) is 3.58. The predicted octanol–water partition coefficient (Wildman–Crippen LogP) is 5.82. The van der Waals surface area contributed by atoms with Gasteiger partial charge in [0.05, 0.1) is 16.4 Å². The molecule has 0 aliphatic heterocycles. The summed E-state index contributed by atoms with van der Waals surface area (Å²) in [6.45, 7) is 1.97. The van der Waals surface area contributed by atoms with Gasteiger partial charge < -0.3 is 5.32 Å². The molecular weight excluding hydrogens is 363 g/mol. The van der Waals surface area contributed by atoms with Gasteiger partial charge >= 0.3 is 0 Å². The van der Waals surface area contributed by atoms with E-state index in [2.05, 4.69) is 15.3 Å². The number of halogens is 2. The summed E-state index contributed by atoms with van der Waals surface area (Å²) in [5, 5.41) is 7.42. The average molecular weight is 375 g/mol. The molecule has 0 saturated heterocycles. The number of nitrogens with one attached hydrogen (secondary N) is 1. The first-order chi connectivity index (χ1) is 11.6. The van der Waals surface area contributed by atoms with Crippen LogP contribution in [-0.2, 0) is 0 Å².